The van der Waals surface area contributed by atoms with Gasteiger partial charge in [0.15, 0.2) is 5.82 Å². The van der Waals surface area contributed by atoms with Crippen molar-refractivity contribution in [2.75, 3.05) is 33.3 Å². The Bertz CT molecular complexity index is 1010. The Morgan fingerprint density at radius 3 is 2.42 bits per heavy atom. The van der Waals surface area contributed by atoms with Gasteiger partial charge in [-0.25, -0.2) is 4.68 Å². The first-order valence-corrected chi connectivity index (χ1v) is 12.2. The van der Waals surface area contributed by atoms with Crippen molar-refractivity contribution in [3.63, 3.8) is 0 Å². The number of aromatic nitrogens is 4. The molecule has 3 aromatic rings. The predicted octanol–water partition coefficient (Wildman–Crippen LogP) is 3.57. The van der Waals surface area contributed by atoms with Gasteiger partial charge in [-0.15, -0.1) is 5.10 Å². The summed E-state index contributed by atoms with van der Waals surface area (Å²) in [6.07, 6.45) is 6.37. The van der Waals surface area contributed by atoms with E-state index < -0.39 is 0 Å². The third kappa shape index (κ3) is 4.94. The lowest BCUT2D eigenvalue weighted by Crippen LogP contribution is -2.51. The molecule has 1 aliphatic carbocycles. The molecule has 1 saturated heterocycles. The Balaban J connectivity index is 1.40. The Morgan fingerprint density at radius 1 is 0.939 bits per heavy atom. The molecule has 174 valence electrons. The van der Waals surface area contributed by atoms with Crippen LogP contribution in [0.1, 0.15) is 48.7 Å². The third-order valence-corrected chi connectivity index (χ3v) is 7.25. The van der Waals surface area contributed by atoms with E-state index in [1.165, 1.54) is 31.2 Å². The SMILES string of the molecule is COc1ccccc1[C@H](c1nnnn1CCc1ccccc1)N1CCN(C2CCCC2)CC1. The van der Waals surface area contributed by atoms with E-state index in [-0.39, 0.29) is 6.04 Å². The van der Waals surface area contributed by atoms with Crippen LogP contribution in [0.4, 0.5) is 0 Å². The Morgan fingerprint density at radius 2 is 1.67 bits per heavy atom. The van der Waals surface area contributed by atoms with Crippen molar-refractivity contribution in [1.82, 2.24) is 30.0 Å². The van der Waals surface area contributed by atoms with Crippen molar-refractivity contribution in [1.29, 1.82) is 0 Å². The number of piperazine rings is 1. The first-order chi connectivity index (χ1) is 16.3. The predicted molar refractivity (Wildman–Crippen MR) is 128 cm³/mol. The number of aryl methyl sites for hydroxylation is 2. The van der Waals surface area contributed by atoms with E-state index in [2.05, 4.69) is 67.8 Å². The third-order valence-electron chi connectivity index (χ3n) is 7.25. The first kappa shape index (κ1) is 22.0. The summed E-state index contributed by atoms with van der Waals surface area (Å²) in [6, 6.07) is 19.6. The highest BCUT2D eigenvalue weighted by atomic mass is 16.5. The summed E-state index contributed by atoms with van der Waals surface area (Å²) in [7, 11) is 1.74. The van der Waals surface area contributed by atoms with Crippen LogP contribution in [-0.4, -0.2) is 69.3 Å². The summed E-state index contributed by atoms with van der Waals surface area (Å²) < 4.78 is 7.75. The molecular formula is C26H34N6O. The fraction of sp³-hybridized carbons (Fsp3) is 0.500. The number of methoxy groups -OCH3 is 1. The number of hydrogen-bond acceptors (Lipinski definition) is 6. The minimum atomic E-state index is -0.0300. The molecule has 0 radical (unpaired) electrons. The number of hydrogen-bond donors (Lipinski definition) is 0. The minimum absolute atomic E-state index is 0.0300. The van der Waals surface area contributed by atoms with Gasteiger partial charge in [0.05, 0.1) is 7.11 Å². The topological polar surface area (TPSA) is 59.3 Å². The van der Waals surface area contributed by atoms with Gasteiger partial charge in [0.25, 0.3) is 0 Å². The first-order valence-electron chi connectivity index (χ1n) is 12.2. The van der Waals surface area contributed by atoms with Gasteiger partial charge in [0, 0.05) is 44.3 Å². The van der Waals surface area contributed by atoms with Crippen LogP contribution < -0.4 is 4.74 Å². The summed E-state index contributed by atoms with van der Waals surface area (Å²) in [5.74, 6) is 1.78. The van der Waals surface area contributed by atoms with E-state index in [1.807, 2.05) is 16.8 Å². The van der Waals surface area contributed by atoms with Crippen LogP contribution in [0.25, 0.3) is 0 Å². The van der Waals surface area contributed by atoms with Crippen molar-refractivity contribution in [2.24, 2.45) is 0 Å². The average molecular weight is 447 g/mol. The Hall–Kier alpha value is -2.77. The molecule has 2 aliphatic rings. The molecule has 7 heteroatoms. The molecule has 1 aliphatic heterocycles. The van der Waals surface area contributed by atoms with Crippen LogP contribution in [0.3, 0.4) is 0 Å². The second kappa shape index (κ2) is 10.4. The fourth-order valence-corrected chi connectivity index (χ4v) is 5.47. The van der Waals surface area contributed by atoms with Crippen molar-refractivity contribution >= 4 is 0 Å². The maximum atomic E-state index is 5.77. The lowest BCUT2D eigenvalue weighted by atomic mass is 10.0. The number of rotatable bonds is 8. The van der Waals surface area contributed by atoms with Gasteiger partial charge in [-0.3, -0.25) is 9.80 Å². The number of nitrogens with zero attached hydrogens (tertiary/aromatic N) is 6. The summed E-state index contributed by atoms with van der Waals surface area (Å²) in [6.45, 7) is 4.96. The zero-order valence-corrected chi connectivity index (χ0v) is 19.5. The molecule has 0 bridgehead atoms. The lowest BCUT2D eigenvalue weighted by Gasteiger charge is -2.41. The van der Waals surface area contributed by atoms with Crippen LogP contribution in [0, 0.1) is 0 Å². The molecule has 7 nitrogen and oxygen atoms in total. The van der Waals surface area contributed by atoms with Crippen LogP contribution in [0.5, 0.6) is 5.75 Å². The van der Waals surface area contributed by atoms with Gasteiger partial charge in [-0.1, -0.05) is 61.4 Å². The Kier molecular flexibility index (Phi) is 6.98. The molecule has 0 unspecified atom stereocenters. The zero-order valence-electron chi connectivity index (χ0n) is 19.5. The number of benzene rings is 2. The molecule has 1 atom stereocenters. The van der Waals surface area contributed by atoms with E-state index in [1.54, 1.807) is 7.11 Å². The van der Waals surface area contributed by atoms with E-state index in [9.17, 15) is 0 Å². The van der Waals surface area contributed by atoms with Crippen molar-refractivity contribution in [3.8, 4) is 5.75 Å². The fourth-order valence-electron chi connectivity index (χ4n) is 5.47. The van der Waals surface area contributed by atoms with Crippen molar-refractivity contribution in [2.45, 2.75) is 50.7 Å². The molecule has 0 spiro atoms. The van der Waals surface area contributed by atoms with E-state index in [4.69, 9.17) is 4.74 Å². The number of tetrazole rings is 1. The van der Waals surface area contributed by atoms with Gasteiger partial charge in [0.2, 0.25) is 0 Å². The zero-order chi connectivity index (χ0) is 22.5. The van der Waals surface area contributed by atoms with Gasteiger partial charge >= 0.3 is 0 Å². The molecule has 2 aromatic carbocycles. The molecule has 0 amide bonds. The van der Waals surface area contributed by atoms with E-state index in [0.29, 0.717) is 0 Å². The number of ether oxygens (including phenoxy) is 1. The summed E-state index contributed by atoms with van der Waals surface area (Å²) in [5, 5.41) is 13.0. The molecule has 0 N–H and O–H groups in total. The smallest absolute Gasteiger partial charge is 0.173 e. The van der Waals surface area contributed by atoms with Crippen molar-refractivity contribution < 1.29 is 4.74 Å². The average Bonchev–Trinajstić information content (AvgIpc) is 3.57. The molecule has 5 rings (SSSR count). The molecule has 1 aromatic heterocycles. The van der Waals surface area contributed by atoms with Crippen molar-refractivity contribution in [3.05, 3.63) is 71.5 Å². The van der Waals surface area contributed by atoms with Gasteiger partial charge in [-0.2, -0.15) is 0 Å². The summed E-state index contributed by atoms with van der Waals surface area (Å²) in [5.41, 5.74) is 2.42. The molecule has 2 heterocycles. The van der Waals surface area contributed by atoms with Gasteiger partial charge in [0.1, 0.15) is 11.8 Å². The standard InChI is InChI=1S/C26H34N6O/c1-33-24-14-8-7-13-23(24)25(31-19-17-30(18-20-31)22-11-5-6-12-22)26-27-28-29-32(26)16-15-21-9-3-2-4-10-21/h2-4,7-10,13-14,22,25H,5-6,11-12,15-20H2,1H3/t25-/m1/s1. The van der Waals surface area contributed by atoms with Gasteiger partial charge < -0.3 is 4.74 Å². The quantitative estimate of drug-likeness (QED) is 0.527. The maximum Gasteiger partial charge on any atom is 0.173 e. The second-order valence-corrected chi connectivity index (χ2v) is 9.15. The van der Waals surface area contributed by atoms with E-state index >= 15 is 0 Å². The number of para-hydroxylation sites is 1. The second-order valence-electron chi connectivity index (χ2n) is 9.15. The normalized spacial score (nSPS) is 19.1. The highest BCUT2D eigenvalue weighted by Gasteiger charge is 2.34. The van der Waals surface area contributed by atoms with Crippen LogP contribution in [0.2, 0.25) is 0 Å². The largest absolute Gasteiger partial charge is 0.496 e. The molecule has 2 fully saturated rings. The Labute approximate surface area is 196 Å². The molecular weight excluding hydrogens is 412 g/mol. The van der Waals surface area contributed by atoms with Crippen LogP contribution >= 0.6 is 0 Å². The van der Waals surface area contributed by atoms with E-state index in [0.717, 1.165) is 62.3 Å². The summed E-state index contributed by atoms with van der Waals surface area (Å²) >= 11 is 0. The monoisotopic (exact) mass is 446 g/mol. The van der Waals surface area contributed by atoms with Crippen LogP contribution in [-0.2, 0) is 13.0 Å². The van der Waals surface area contributed by atoms with Gasteiger partial charge in [-0.05, 0) is 41.3 Å². The summed E-state index contributed by atoms with van der Waals surface area (Å²) in [4.78, 5) is 5.23. The highest BCUT2D eigenvalue weighted by Crippen LogP contribution is 2.35. The minimum Gasteiger partial charge on any atom is -0.496 e. The highest BCUT2D eigenvalue weighted by molar-refractivity contribution is 5.39. The van der Waals surface area contributed by atoms with Crippen LogP contribution in [0.15, 0.2) is 54.6 Å². The maximum absolute atomic E-state index is 5.77. The lowest BCUT2D eigenvalue weighted by molar-refractivity contribution is 0.0763. The molecule has 1 saturated carbocycles. The molecule has 33 heavy (non-hydrogen) atoms.